The van der Waals surface area contributed by atoms with Gasteiger partial charge < -0.3 is 9.47 Å². The number of aromatic nitrogens is 4. The Hall–Kier alpha value is -2.09. The third-order valence-electron chi connectivity index (χ3n) is 5.32. The molecule has 1 aliphatic rings. The zero-order valence-corrected chi connectivity index (χ0v) is 17.7. The van der Waals surface area contributed by atoms with Crippen LogP contribution in [0.15, 0.2) is 29.4 Å². The van der Waals surface area contributed by atoms with Crippen molar-refractivity contribution in [3.8, 4) is 11.4 Å². The predicted octanol–water partition coefficient (Wildman–Crippen LogP) is 3.77. The van der Waals surface area contributed by atoms with Gasteiger partial charge in [0.2, 0.25) is 5.16 Å². The maximum Gasteiger partial charge on any atom is 0.316 e. The molecule has 1 fully saturated rings. The Bertz CT molecular complexity index is 778. The summed E-state index contributed by atoms with van der Waals surface area (Å²) in [4.78, 5) is 12.5. The summed E-state index contributed by atoms with van der Waals surface area (Å²) in [5, 5.41) is 12.4. The Morgan fingerprint density at radius 2 is 2.04 bits per heavy atom. The van der Waals surface area contributed by atoms with Crippen molar-refractivity contribution in [2.24, 2.45) is 17.8 Å². The number of hydrogen-bond acceptors (Lipinski definition) is 7. The standard InChI is InChI=1S/C20H28N4O3S/c1-13(2)17-10-5-14(3)11-18(17)27-19(25)12-28-20-21-22-23-24(20)15-6-8-16(26-4)9-7-15/h6-9,13-14,17-18H,5,10-12H2,1-4H3. The number of carbonyl (C=O) groups excluding carboxylic acids is 1. The SMILES string of the molecule is COc1ccc(-n2nnnc2SCC(=O)OC2CC(C)CCC2C(C)C)cc1. The third kappa shape index (κ3) is 5.04. The second-order valence-electron chi connectivity index (χ2n) is 7.71. The maximum atomic E-state index is 12.5. The largest absolute Gasteiger partial charge is 0.497 e. The smallest absolute Gasteiger partial charge is 0.316 e. The summed E-state index contributed by atoms with van der Waals surface area (Å²) in [6.07, 6.45) is 3.29. The van der Waals surface area contributed by atoms with Gasteiger partial charge in [-0.1, -0.05) is 39.0 Å². The lowest BCUT2D eigenvalue weighted by molar-refractivity contribution is -0.152. The summed E-state index contributed by atoms with van der Waals surface area (Å²) in [6.45, 7) is 6.65. The minimum atomic E-state index is -0.209. The van der Waals surface area contributed by atoms with Crippen LogP contribution in [0.25, 0.3) is 5.69 Å². The number of rotatable bonds is 7. The van der Waals surface area contributed by atoms with Crippen molar-refractivity contribution in [1.29, 1.82) is 0 Å². The molecule has 8 heteroatoms. The normalized spacial score (nSPS) is 22.2. The average molecular weight is 405 g/mol. The number of esters is 1. The molecule has 1 saturated carbocycles. The quantitative estimate of drug-likeness (QED) is 0.513. The molecule has 2 aromatic rings. The lowest BCUT2D eigenvalue weighted by Crippen LogP contribution is -2.36. The van der Waals surface area contributed by atoms with Crippen LogP contribution in [0, 0.1) is 17.8 Å². The van der Waals surface area contributed by atoms with Crippen LogP contribution in [0.4, 0.5) is 0 Å². The molecule has 1 aromatic heterocycles. The summed E-state index contributed by atoms with van der Waals surface area (Å²) in [5.74, 6) is 2.29. The molecule has 3 unspecified atom stereocenters. The van der Waals surface area contributed by atoms with E-state index in [1.165, 1.54) is 18.2 Å². The van der Waals surface area contributed by atoms with Crippen molar-refractivity contribution in [2.75, 3.05) is 12.9 Å². The zero-order valence-electron chi connectivity index (χ0n) is 16.9. The summed E-state index contributed by atoms with van der Waals surface area (Å²) in [5.41, 5.74) is 0.808. The van der Waals surface area contributed by atoms with Gasteiger partial charge in [-0.2, -0.15) is 4.68 Å². The van der Waals surface area contributed by atoms with E-state index in [2.05, 4.69) is 36.3 Å². The van der Waals surface area contributed by atoms with E-state index in [1.54, 1.807) is 11.8 Å². The number of hydrogen-bond donors (Lipinski definition) is 0. The highest BCUT2D eigenvalue weighted by atomic mass is 32.2. The highest BCUT2D eigenvalue weighted by Crippen LogP contribution is 2.35. The van der Waals surface area contributed by atoms with Crippen molar-refractivity contribution in [2.45, 2.75) is 51.3 Å². The van der Waals surface area contributed by atoms with E-state index in [-0.39, 0.29) is 17.8 Å². The summed E-state index contributed by atoms with van der Waals surface area (Å²) in [6, 6.07) is 7.43. The van der Waals surface area contributed by atoms with Gasteiger partial charge in [0.1, 0.15) is 11.9 Å². The van der Waals surface area contributed by atoms with Crippen LogP contribution in [0.2, 0.25) is 0 Å². The molecule has 1 aliphatic carbocycles. The van der Waals surface area contributed by atoms with Gasteiger partial charge in [0.15, 0.2) is 0 Å². The molecule has 28 heavy (non-hydrogen) atoms. The highest BCUT2D eigenvalue weighted by molar-refractivity contribution is 7.99. The fourth-order valence-corrected chi connectivity index (χ4v) is 4.40. The Balaban J connectivity index is 1.59. The topological polar surface area (TPSA) is 79.1 Å². The number of carbonyl (C=O) groups is 1. The zero-order chi connectivity index (χ0) is 20.1. The summed E-state index contributed by atoms with van der Waals surface area (Å²) < 4.78 is 12.6. The van der Waals surface area contributed by atoms with Crippen molar-refractivity contribution in [1.82, 2.24) is 20.2 Å². The van der Waals surface area contributed by atoms with E-state index in [0.717, 1.165) is 24.3 Å². The van der Waals surface area contributed by atoms with Crippen LogP contribution >= 0.6 is 11.8 Å². The van der Waals surface area contributed by atoms with Crippen molar-refractivity contribution < 1.29 is 14.3 Å². The molecule has 0 spiro atoms. The van der Waals surface area contributed by atoms with Gasteiger partial charge in [-0.3, -0.25) is 4.79 Å². The predicted molar refractivity (Wildman–Crippen MR) is 108 cm³/mol. The molecule has 0 radical (unpaired) electrons. The van der Waals surface area contributed by atoms with Gasteiger partial charge in [-0.15, -0.1) is 5.10 Å². The van der Waals surface area contributed by atoms with E-state index in [1.807, 2.05) is 24.3 Å². The number of benzene rings is 1. The first kappa shape index (κ1) is 20.6. The van der Waals surface area contributed by atoms with Gasteiger partial charge in [0.25, 0.3) is 0 Å². The maximum absolute atomic E-state index is 12.5. The molecule has 152 valence electrons. The van der Waals surface area contributed by atoms with Crippen LogP contribution in [-0.2, 0) is 9.53 Å². The van der Waals surface area contributed by atoms with Gasteiger partial charge >= 0.3 is 5.97 Å². The number of thioether (sulfide) groups is 1. The minimum absolute atomic E-state index is 0.00873. The van der Waals surface area contributed by atoms with Gasteiger partial charge in [0.05, 0.1) is 18.6 Å². The molecule has 1 heterocycles. The minimum Gasteiger partial charge on any atom is -0.497 e. The van der Waals surface area contributed by atoms with Gasteiger partial charge in [-0.05, 0) is 65.3 Å². The molecular formula is C20H28N4O3S. The fraction of sp³-hybridized carbons (Fsp3) is 0.600. The molecule has 7 nitrogen and oxygen atoms in total. The van der Waals surface area contributed by atoms with Gasteiger partial charge in [0, 0.05) is 0 Å². The van der Waals surface area contributed by atoms with Crippen LogP contribution in [0.1, 0.15) is 40.0 Å². The van der Waals surface area contributed by atoms with Crippen LogP contribution in [-0.4, -0.2) is 45.1 Å². The Labute approximate surface area is 170 Å². The van der Waals surface area contributed by atoms with Crippen molar-refractivity contribution in [3.63, 3.8) is 0 Å². The number of tetrazole rings is 1. The molecule has 1 aromatic carbocycles. The Kier molecular flexibility index (Phi) is 6.93. The van der Waals surface area contributed by atoms with Crippen molar-refractivity contribution >= 4 is 17.7 Å². The first-order valence-corrected chi connectivity index (χ1v) is 10.7. The second kappa shape index (κ2) is 9.41. The highest BCUT2D eigenvalue weighted by Gasteiger charge is 2.33. The molecule has 0 N–H and O–H groups in total. The van der Waals surface area contributed by atoms with E-state index in [4.69, 9.17) is 9.47 Å². The Morgan fingerprint density at radius 3 is 2.71 bits per heavy atom. The first-order valence-electron chi connectivity index (χ1n) is 9.73. The van der Waals surface area contributed by atoms with Crippen molar-refractivity contribution in [3.05, 3.63) is 24.3 Å². The lowest BCUT2D eigenvalue weighted by atomic mass is 9.75. The van der Waals surface area contributed by atoms with E-state index in [9.17, 15) is 4.79 Å². The molecule has 3 atom stereocenters. The van der Waals surface area contributed by atoms with Crippen LogP contribution in [0.3, 0.4) is 0 Å². The number of nitrogens with zero attached hydrogens (tertiary/aromatic N) is 4. The molecule has 0 bridgehead atoms. The summed E-state index contributed by atoms with van der Waals surface area (Å²) >= 11 is 1.29. The molecule has 3 rings (SSSR count). The monoisotopic (exact) mass is 404 g/mol. The van der Waals surface area contributed by atoms with E-state index in [0.29, 0.717) is 22.9 Å². The number of methoxy groups -OCH3 is 1. The number of ether oxygens (including phenoxy) is 2. The lowest BCUT2D eigenvalue weighted by Gasteiger charge is -2.36. The first-order chi connectivity index (χ1) is 13.5. The van der Waals surface area contributed by atoms with E-state index < -0.39 is 0 Å². The Morgan fingerprint density at radius 1 is 1.29 bits per heavy atom. The molecule has 0 aliphatic heterocycles. The third-order valence-corrected chi connectivity index (χ3v) is 6.21. The van der Waals surface area contributed by atoms with Crippen LogP contribution in [0.5, 0.6) is 5.75 Å². The average Bonchev–Trinajstić information content (AvgIpc) is 3.15. The molecule has 0 saturated heterocycles. The fourth-order valence-electron chi connectivity index (χ4n) is 3.73. The van der Waals surface area contributed by atoms with E-state index >= 15 is 0 Å². The summed E-state index contributed by atoms with van der Waals surface area (Å²) in [7, 11) is 1.62. The van der Waals surface area contributed by atoms with Gasteiger partial charge in [-0.25, -0.2) is 0 Å². The second-order valence-corrected chi connectivity index (χ2v) is 8.66. The van der Waals surface area contributed by atoms with Crippen LogP contribution < -0.4 is 4.74 Å². The molecule has 0 amide bonds. The molecular weight excluding hydrogens is 376 g/mol.